The maximum absolute atomic E-state index is 11.9. The van der Waals surface area contributed by atoms with Gasteiger partial charge < -0.3 is 9.32 Å². The molecule has 1 amide bonds. The van der Waals surface area contributed by atoms with E-state index in [1.54, 1.807) is 0 Å². The van der Waals surface area contributed by atoms with E-state index in [0.717, 1.165) is 62.6 Å². The molecule has 27 heavy (non-hydrogen) atoms. The number of aromatic nitrogens is 1. The Kier molecular flexibility index (Phi) is 5.50. The maximum Gasteiger partial charge on any atom is 0.228 e. The molecule has 2 aliphatic heterocycles. The van der Waals surface area contributed by atoms with E-state index >= 15 is 0 Å². The summed E-state index contributed by atoms with van der Waals surface area (Å²) in [5.74, 6) is 2.31. The standard InChI is InChI=1S/C21H26ClN3O2/c1-15-19(23-21(27-15)17-7-2-3-8-18(17)22)14-24-10-4-6-16(12-24)13-25-11-5-9-20(25)26/h2-3,7-8,16H,4-6,9-14H2,1H3/t16-/m0/s1. The quantitative estimate of drug-likeness (QED) is 0.773. The Bertz CT molecular complexity index is 820. The summed E-state index contributed by atoms with van der Waals surface area (Å²) in [5, 5.41) is 0.651. The molecule has 0 aliphatic carbocycles. The van der Waals surface area contributed by atoms with Gasteiger partial charge in [0, 0.05) is 32.6 Å². The summed E-state index contributed by atoms with van der Waals surface area (Å²) in [6.45, 7) is 6.66. The van der Waals surface area contributed by atoms with Gasteiger partial charge in [-0.25, -0.2) is 4.98 Å². The van der Waals surface area contributed by atoms with Crippen molar-refractivity contribution in [1.29, 1.82) is 0 Å². The van der Waals surface area contributed by atoms with Gasteiger partial charge in [-0.05, 0) is 50.8 Å². The third-order valence-electron chi connectivity index (χ3n) is 5.62. The lowest BCUT2D eigenvalue weighted by molar-refractivity contribution is -0.128. The lowest BCUT2D eigenvalue weighted by atomic mass is 9.97. The van der Waals surface area contributed by atoms with E-state index in [1.165, 1.54) is 12.8 Å². The Morgan fingerprint density at radius 1 is 1.26 bits per heavy atom. The van der Waals surface area contributed by atoms with E-state index in [4.69, 9.17) is 21.0 Å². The zero-order valence-electron chi connectivity index (χ0n) is 15.8. The van der Waals surface area contributed by atoms with Crippen molar-refractivity contribution in [2.45, 2.75) is 39.2 Å². The minimum Gasteiger partial charge on any atom is -0.441 e. The van der Waals surface area contributed by atoms with Gasteiger partial charge in [-0.15, -0.1) is 0 Å². The summed E-state index contributed by atoms with van der Waals surface area (Å²) in [4.78, 5) is 21.1. The summed E-state index contributed by atoms with van der Waals surface area (Å²) in [7, 11) is 0. The molecule has 0 radical (unpaired) electrons. The average molecular weight is 388 g/mol. The molecule has 3 heterocycles. The number of amides is 1. The number of nitrogens with zero attached hydrogens (tertiary/aromatic N) is 3. The molecule has 0 spiro atoms. The number of hydrogen-bond acceptors (Lipinski definition) is 4. The number of rotatable bonds is 5. The van der Waals surface area contributed by atoms with E-state index < -0.39 is 0 Å². The Balaban J connectivity index is 1.41. The van der Waals surface area contributed by atoms with Crippen molar-refractivity contribution in [3.05, 3.63) is 40.7 Å². The van der Waals surface area contributed by atoms with Gasteiger partial charge in [0.15, 0.2) is 0 Å². The molecule has 0 unspecified atom stereocenters. The van der Waals surface area contributed by atoms with Crippen molar-refractivity contribution in [1.82, 2.24) is 14.8 Å². The maximum atomic E-state index is 11.9. The zero-order chi connectivity index (χ0) is 18.8. The van der Waals surface area contributed by atoms with Crippen LogP contribution in [0, 0.1) is 12.8 Å². The van der Waals surface area contributed by atoms with Crippen LogP contribution >= 0.6 is 11.6 Å². The summed E-state index contributed by atoms with van der Waals surface area (Å²) in [6, 6.07) is 7.63. The molecule has 2 aliphatic rings. The van der Waals surface area contributed by atoms with Crippen molar-refractivity contribution >= 4 is 17.5 Å². The zero-order valence-corrected chi connectivity index (χ0v) is 16.5. The largest absolute Gasteiger partial charge is 0.441 e. The molecular weight excluding hydrogens is 362 g/mol. The summed E-state index contributed by atoms with van der Waals surface area (Å²) in [5.41, 5.74) is 1.81. The highest BCUT2D eigenvalue weighted by Gasteiger charge is 2.27. The Labute approximate surface area is 165 Å². The van der Waals surface area contributed by atoms with Crippen molar-refractivity contribution in [2.75, 3.05) is 26.2 Å². The van der Waals surface area contributed by atoms with Crippen LogP contribution in [0.25, 0.3) is 11.5 Å². The minimum absolute atomic E-state index is 0.323. The highest BCUT2D eigenvalue weighted by molar-refractivity contribution is 6.33. The van der Waals surface area contributed by atoms with Gasteiger partial charge in [0.2, 0.25) is 11.8 Å². The third-order valence-corrected chi connectivity index (χ3v) is 5.95. The van der Waals surface area contributed by atoms with Gasteiger partial charge in [0.25, 0.3) is 0 Å². The molecule has 1 aromatic heterocycles. The second-order valence-electron chi connectivity index (χ2n) is 7.69. The van der Waals surface area contributed by atoms with Gasteiger partial charge in [-0.3, -0.25) is 9.69 Å². The summed E-state index contributed by atoms with van der Waals surface area (Å²) < 4.78 is 5.90. The average Bonchev–Trinajstić information content (AvgIpc) is 3.22. The molecule has 4 rings (SSSR count). The van der Waals surface area contributed by atoms with Crippen LogP contribution < -0.4 is 0 Å². The SMILES string of the molecule is Cc1oc(-c2ccccc2Cl)nc1CN1CCC[C@H](CN2CCCC2=O)C1. The van der Waals surface area contributed by atoms with E-state index in [0.29, 0.717) is 22.7 Å². The number of carbonyl (C=O) groups is 1. The fourth-order valence-corrected chi connectivity index (χ4v) is 4.41. The molecule has 2 saturated heterocycles. The first-order valence-electron chi connectivity index (χ1n) is 9.81. The first kappa shape index (κ1) is 18.5. The van der Waals surface area contributed by atoms with Crippen molar-refractivity contribution in [2.24, 2.45) is 5.92 Å². The predicted molar refractivity (Wildman–Crippen MR) is 106 cm³/mol. The van der Waals surface area contributed by atoms with E-state index in [9.17, 15) is 4.79 Å². The molecule has 1 atom stereocenters. The summed E-state index contributed by atoms with van der Waals surface area (Å²) in [6.07, 6.45) is 4.10. The molecule has 2 aromatic rings. The predicted octanol–water partition coefficient (Wildman–Crippen LogP) is 4.14. The Hall–Kier alpha value is -1.85. The van der Waals surface area contributed by atoms with Crippen LogP contribution in [0.3, 0.4) is 0 Å². The first-order chi connectivity index (χ1) is 13.1. The highest BCUT2D eigenvalue weighted by atomic mass is 35.5. The van der Waals surface area contributed by atoms with Gasteiger partial charge in [0.05, 0.1) is 16.3 Å². The molecule has 144 valence electrons. The Morgan fingerprint density at radius 3 is 2.89 bits per heavy atom. The fraction of sp³-hybridized carbons (Fsp3) is 0.524. The Morgan fingerprint density at radius 2 is 2.11 bits per heavy atom. The molecule has 1 aromatic carbocycles. The van der Waals surface area contributed by atoms with E-state index in [1.807, 2.05) is 36.1 Å². The van der Waals surface area contributed by atoms with Crippen LogP contribution in [0.4, 0.5) is 0 Å². The number of oxazole rings is 1. The molecule has 0 bridgehead atoms. The number of likely N-dealkylation sites (tertiary alicyclic amines) is 2. The van der Waals surface area contributed by atoms with Crippen molar-refractivity contribution in [3.8, 4) is 11.5 Å². The van der Waals surface area contributed by atoms with Crippen LogP contribution in [0.1, 0.15) is 37.1 Å². The monoisotopic (exact) mass is 387 g/mol. The smallest absolute Gasteiger partial charge is 0.228 e. The molecule has 0 N–H and O–H groups in total. The number of piperidine rings is 1. The van der Waals surface area contributed by atoms with Crippen LogP contribution in [0.2, 0.25) is 5.02 Å². The number of aryl methyl sites for hydroxylation is 1. The first-order valence-corrected chi connectivity index (χ1v) is 10.2. The van der Waals surface area contributed by atoms with Crippen molar-refractivity contribution < 1.29 is 9.21 Å². The lowest BCUT2D eigenvalue weighted by Gasteiger charge is -2.34. The minimum atomic E-state index is 0.323. The molecule has 5 nitrogen and oxygen atoms in total. The number of halogens is 1. The van der Waals surface area contributed by atoms with Gasteiger partial charge in [-0.1, -0.05) is 23.7 Å². The molecule has 6 heteroatoms. The van der Waals surface area contributed by atoms with Crippen LogP contribution in [0.5, 0.6) is 0 Å². The highest BCUT2D eigenvalue weighted by Crippen LogP contribution is 2.29. The number of hydrogen-bond donors (Lipinski definition) is 0. The second-order valence-corrected chi connectivity index (χ2v) is 8.10. The second kappa shape index (κ2) is 8.03. The van der Waals surface area contributed by atoms with Crippen LogP contribution in [-0.4, -0.2) is 46.9 Å². The van der Waals surface area contributed by atoms with E-state index in [-0.39, 0.29) is 0 Å². The van der Waals surface area contributed by atoms with Crippen molar-refractivity contribution in [3.63, 3.8) is 0 Å². The third kappa shape index (κ3) is 4.19. The van der Waals surface area contributed by atoms with Gasteiger partial charge in [0.1, 0.15) is 5.76 Å². The number of carbonyl (C=O) groups excluding carboxylic acids is 1. The fourth-order valence-electron chi connectivity index (χ4n) is 4.19. The summed E-state index contributed by atoms with van der Waals surface area (Å²) >= 11 is 6.28. The normalized spacial score (nSPS) is 21.2. The lowest BCUT2D eigenvalue weighted by Crippen LogP contribution is -2.41. The van der Waals surface area contributed by atoms with Crippen LogP contribution in [0.15, 0.2) is 28.7 Å². The number of benzene rings is 1. The van der Waals surface area contributed by atoms with Gasteiger partial charge >= 0.3 is 0 Å². The topological polar surface area (TPSA) is 49.6 Å². The van der Waals surface area contributed by atoms with Crippen LogP contribution in [-0.2, 0) is 11.3 Å². The van der Waals surface area contributed by atoms with E-state index in [2.05, 4.69) is 4.90 Å². The molecular formula is C21H26ClN3O2. The molecule has 2 fully saturated rings. The molecule has 0 saturated carbocycles. The van der Waals surface area contributed by atoms with Gasteiger partial charge in [-0.2, -0.15) is 0 Å².